The molecule has 0 aliphatic heterocycles. The molecule has 6 N–H and O–H groups in total. The van der Waals surface area contributed by atoms with Crippen LogP contribution in [0.3, 0.4) is 0 Å². The zero-order chi connectivity index (χ0) is 7.71. The molecule has 0 aromatic carbocycles. The summed E-state index contributed by atoms with van der Waals surface area (Å²) < 4.78 is 53.8. The molecule has 2 radical (unpaired) electrons. The van der Waals surface area contributed by atoms with Gasteiger partial charge in [-0.1, -0.05) is 0 Å². The van der Waals surface area contributed by atoms with E-state index in [1.54, 1.807) is 0 Å². The molecule has 0 aromatic heterocycles. The minimum Gasteiger partial charge on any atom is 0 e. The van der Waals surface area contributed by atoms with E-state index in [1.165, 1.54) is 0 Å². The Morgan fingerprint density at radius 2 is 1.00 bits per heavy atom. The van der Waals surface area contributed by atoms with Crippen LogP contribution in [0, 0.1) is 0 Å². The molecule has 0 fully saturated rings. The fraction of sp³-hybridized carbons (Fsp3) is 0. The van der Waals surface area contributed by atoms with Crippen molar-refractivity contribution in [2.45, 2.75) is 0 Å². The Balaban J connectivity index is -0.000000107. The summed E-state index contributed by atoms with van der Waals surface area (Å²) in [6.07, 6.45) is 0. The van der Waals surface area contributed by atoms with Crippen LogP contribution in [0.4, 0.5) is 0 Å². The fourth-order valence-corrected chi connectivity index (χ4v) is 2.36. The zero-order valence-electron chi connectivity index (χ0n) is 5.30. The Hall–Kier alpha value is 1.70. The van der Waals surface area contributed by atoms with Gasteiger partial charge in [0.05, 0.1) is 0 Å². The van der Waals surface area contributed by atoms with Crippen molar-refractivity contribution in [1.82, 2.24) is 0 Å². The van der Waals surface area contributed by atoms with Gasteiger partial charge in [-0.15, -0.1) is 0 Å². The van der Waals surface area contributed by atoms with Crippen molar-refractivity contribution in [3.63, 3.8) is 0 Å². The molecule has 0 aliphatic carbocycles. The van der Waals surface area contributed by atoms with E-state index in [0.29, 0.717) is 0 Å². The molecule has 0 saturated carbocycles. The van der Waals surface area contributed by atoms with E-state index in [1.807, 2.05) is 0 Å². The number of hydrogen-bond donors (Lipinski definition) is 4. The van der Waals surface area contributed by atoms with Crippen molar-refractivity contribution < 1.29 is 98.7 Å². The van der Waals surface area contributed by atoms with Crippen molar-refractivity contribution in [1.29, 1.82) is 0 Å². The van der Waals surface area contributed by atoms with Crippen LogP contribution < -0.4 is 0 Å². The van der Waals surface area contributed by atoms with Gasteiger partial charge in [-0.25, -0.2) is 0 Å². The van der Waals surface area contributed by atoms with Gasteiger partial charge in [0.1, 0.15) is 0 Å². The summed E-state index contributed by atoms with van der Waals surface area (Å²) in [5.41, 5.74) is 0. The molecule has 0 spiro atoms. The Bertz CT molecular complexity index is 151. The molecule has 0 atom stereocenters. The monoisotopic (exact) mass is 338 g/mol. The Kier molecular flexibility index (Phi) is 15.7. The predicted molar refractivity (Wildman–Crippen MR) is 14.9 cm³/mol. The summed E-state index contributed by atoms with van der Waals surface area (Å²) >= 11 is -11.2. The van der Waals surface area contributed by atoms with Gasteiger partial charge in [0, 0.05) is 37.1 Å². The van der Waals surface area contributed by atoms with E-state index in [0.717, 1.165) is 0 Å². The van der Waals surface area contributed by atoms with Gasteiger partial charge in [0.2, 0.25) is 0 Å². The number of hydrogen-bond acceptors (Lipinski definition) is 3. The second-order valence-electron chi connectivity index (χ2n) is 1.06. The van der Waals surface area contributed by atoms with E-state index < -0.39 is 30.0 Å². The summed E-state index contributed by atoms with van der Waals surface area (Å²) in [5.74, 6) is 0. The van der Waals surface area contributed by atoms with Crippen molar-refractivity contribution >= 4 is 0 Å². The maximum atomic E-state index is 9.70. The standard InChI is InChI=1S/5H2O.3O.4V/h5*1H2;;;;;;;/q;;;;;;;;;;2*+2/p-4. The van der Waals surface area contributed by atoms with Crippen LogP contribution in [0.2, 0.25) is 0 Å². The smallest absolute Gasteiger partial charge is 0 e. The molecule has 74 valence electrons. The first-order valence-corrected chi connectivity index (χ1v) is 6.31. The molecule has 0 saturated heterocycles. The molecule has 0 aliphatic rings. The van der Waals surface area contributed by atoms with E-state index >= 15 is 0 Å². The second kappa shape index (κ2) is 8.04. The average Bonchev–Trinajstić information content (AvgIpc) is 1.14. The van der Waals surface area contributed by atoms with E-state index in [9.17, 15) is 7.35 Å². The molecular formula is H6O8V4. The summed E-state index contributed by atoms with van der Waals surface area (Å²) in [4.78, 5) is 0. The average molecular weight is 338 g/mol. The van der Waals surface area contributed by atoms with E-state index in [-0.39, 0.29) is 42.6 Å². The summed E-state index contributed by atoms with van der Waals surface area (Å²) in [6, 6.07) is 0. The maximum absolute atomic E-state index is 9.70. The molecule has 0 unspecified atom stereocenters. The molecule has 0 amide bonds. The third kappa shape index (κ3) is 22.6. The van der Waals surface area contributed by atoms with Crippen molar-refractivity contribution in [3.8, 4) is 0 Å². The largest absolute Gasteiger partial charge is 0 e. The first-order chi connectivity index (χ1) is 3.71. The van der Waals surface area contributed by atoms with Crippen LogP contribution in [-0.4, -0.2) is 21.6 Å². The first-order valence-electron chi connectivity index (χ1n) is 1.53. The minimum atomic E-state index is -5.58. The molecule has 12 heavy (non-hydrogen) atoms. The van der Waals surface area contributed by atoms with Crippen LogP contribution in [0.25, 0.3) is 0 Å². The van der Waals surface area contributed by atoms with E-state index in [4.69, 9.17) is 16.1 Å². The van der Waals surface area contributed by atoms with Gasteiger partial charge in [-0.3, -0.25) is 0 Å². The summed E-state index contributed by atoms with van der Waals surface area (Å²) in [7, 11) is 0. The van der Waals surface area contributed by atoms with Crippen molar-refractivity contribution in [2.24, 2.45) is 0 Å². The Morgan fingerprint density at radius 1 is 0.833 bits per heavy atom. The molecule has 0 heterocycles. The second-order valence-corrected chi connectivity index (χ2v) is 5.43. The Labute approximate surface area is 97.9 Å². The molecule has 8 nitrogen and oxygen atoms in total. The van der Waals surface area contributed by atoms with Crippen LogP contribution in [0.5, 0.6) is 0 Å². The first kappa shape index (κ1) is 23.5. The predicted octanol–water partition coefficient (Wildman–Crippen LogP) is -3.37. The minimum absolute atomic E-state index is 0. The number of rotatable bonds is 2. The van der Waals surface area contributed by atoms with Crippen LogP contribution in [0.15, 0.2) is 0 Å². The van der Waals surface area contributed by atoms with Gasteiger partial charge < -0.3 is 5.48 Å². The molecular weight excluding hydrogens is 332 g/mol. The SMILES string of the molecule is O.[O]=[V]([OH])([OH])[O][V](=[O])([OH])[OH].[V].[V]. The van der Waals surface area contributed by atoms with Crippen LogP contribution in [0.1, 0.15) is 0 Å². The van der Waals surface area contributed by atoms with Crippen LogP contribution >= 0.6 is 0 Å². The van der Waals surface area contributed by atoms with Gasteiger partial charge >= 0.3 is 56.1 Å². The molecule has 0 bridgehead atoms. The van der Waals surface area contributed by atoms with Gasteiger partial charge in [-0.2, -0.15) is 0 Å². The van der Waals surface area contributed by atoms with Gasteiger partial charge in [0.15, 0.2) is 0 Å². The van der Waals surface area contributed by atoms with Gasteiger partial charge in [0.25, 0.3) is 0 Å². The maximum Gasteiger partial charge on any atom is 0 e. The fourth-order valence-electron chi connectivity index (χ4n) is 0.139. The van der Waals surface area contributed by atoms with Crippen LogP contribution in [-0.2, 0) is 77.1 Å². The van der Waals surface area contributed by atoms with Gasteiger partial charge in [-0.05, 0) is 0 Å². The third-order valence-corrected chi connectivity index (χ3v) is 3.62. The summed E-state index contributed by atoms with van der Waals surface area (Å²) in [6.45, 7) is 0. The molecule has 0 rings (SSSR count). The normalized spacial score (nSPS) is 10.3. The van der Waals surface area contributed by atoms with E-state index in [2.05, 4.69) is 2.59 Å². The zero-order valence-corrected chi connectivity index (χ0v) is 10.9. The van der Waals surface area contributed by atoms with Crippen molar-refractivity contribution in [3.05, 3.63) is 0 Å². The Morgan fingerprint density at radius 3 is 1.00 bits per heavy atom. The van der Waals surface area contributed by atoms with Crippen molar-refractivity contribution in [2.75, 3.05) is 0 Å². The summed E-state index contributed by atoms with van der Waals surface area (Å²) in [5, 5.41) is 0. The molecule has 12 heteroatoms. The molecule has 0 aromatic rings. The quantitative estimate of drug-likeness (QED) is 0.409. The topological polar surface area (TPSA) is 156 Å². The third-order valence-electron chi connectivity index (χ3n) is 0.213.